The quantitative estimate of drug-likeness (QED) is 0.208. The Hall–Kier alpha value is -2.92. The van der Waals surface area contributed by atoms with E-state index >= 15 is 0 Å². The third-order valence-electron chi connectivity index (χ3n) is 8.05. The van der Waals surface area contributed by atoms with Crippen molar-refractivity contribution in [1.29, 1.82) is 0 Å². The van der Waals surface area contributed by atoms with Crippen LogP contribution < -0.4 is 10.2 Å². The van der Waals surface area contributed by atoms with Gasteiger partial charge in [0.05, 0.1) is 9.91 Å². The average molecular weight is 592 g/mol. The molecule has 2 aliphatic rings. The number of likely N-dealkylation sites (tertiary alicyclic amines) is 1. The largest absolute Gasteiger partial charge is 0.423 e. The van der Waals surface area contributed by atoms with E-state index < -0.39 is 22.4 Å². The van der Waals surface area contributed by atoms with E-state index in [9.17, 15) is 23.3 Å². The minimum Gasteiger partial charge on any atom is -0.382 e. The van der Waals surface area contributed by atoms with Crippen LogP contribution in [0.4, 0.5) is 30.2 Å². The van der Waals surface area contributed by atoms with Crippen molar-refractivity contribution in [2.75, 3.05) is 56.0 Å². The Labute approximate surface area is 245 Å². The number of piperidine rings is 1. The molecule has 2 saturated heterocycles. The fourth-order valence-corrected chi connectivity index (χ4v) is 5.86. The van der Waals surface area contributed by atoms with Gasteiger partial charge in [-0.25, -0.2) is 0 Å². The van der Waals surface area contributed by atoms with Crippen molar-refractivity contribution in [2.45, 2.75) is 64.1 Å². The molecule has 2 heterocycles. The second kappa shape index (κ2) is 12.9. The molecular formula is C30H40F3N5O2S. The number of piperazine rings is 1. The highest BCUT2D eigenvalue weighted by Gasteiger charge is 2.38. The zero-order valence-electron chi connectivity index (χ0n) is 24.0. The number of alkyl halides is 3. The maximum Gasteiger partial charge on any atom is 0.423 e. The van der Waals surface area contributed by atoms with Crippen LogP contribution in [0.25, 0.3) is 0 Å². The van der Waals surface area contributed by atoms with Crippen LogP contribution in [0.3, 0.4) is 0 Å². The van der Waals surface area contributed by atoms with Crippen LogP contribution in [0.2, 0.25) is 0 Å². The topological polar surface area (TPSA) is 64.9 Å². The maximum absolute atomic E-state index is 13.3. The van der Waals surface area contributed by atoms with Gasteiger partial charge < -0.3 is 15.1 Å². The van der Waals surface area contributed by atoms with Crippen LogP contribution in [0.15, 0.2) is 42.5 Å². The van der Waals surface area contributed by atoms with Gasteiger partial charge in [-0.1, -0.05) is 45.1 Å². The molecule has 0 unspecified atom stereocenters. The SMILES string of the molecule is CC(C)(C)c1ccc(N2CCN(CCCC(=S)N3CCC(Nc4ccc([N+](=O)[O-])c(C(F)(F)F)c4)CC3)CC2)cc1. The molecule has 1 N–H and O–H groups in total. The van der Waals surface area contributed by atoms with Gasteiger partial charge in [-0.05, 0) is 67.5 Å². The lowest BCUT2D eigenvalue weighted by atomic mass is 9.87. The van der Waals surface area contributed by atoms with Crippen molar-refractivity contribution >= 4 is 34.3 Å². The van der Waals surface area contributed by atoms with Crippen molar-refractivity contribution in [3.63, 3.8) is 0 Å². The number of hydrogen-bond acceptors (Lipinski definition) is 6. The van der Waals surface area contributed by atoms with E-state index in [0.717, 1.165) is 88.6 Å². The van der Waals surface area contributed by atoms with Crippen molar-refractivity contribution in [3.05, 3.63) is 63.7 Å². The van der Waals surface area contributed by atoms with Crippen molar-refractivity contribution in [2.24, 2.45) is 0 Å². The van der Waals surface area contributed by atoms with Gasteiger partial charge >= 0.3 is 6.18 Å². The van der Waals surface area contributed by atoms with Crippen LogP contribution in [0, 0.1) is 10.1 Å². The molecule has 0 atom stereocenters. The fraction of sp³-hybridized carbons (Fsp3) is 0.567. The van der Waals surface area contributed by atoms with E-state index in [1.165, 1.54) is 17.3 Å². The second-order valence-electron chi connectivity index (χ2n) is 12.0. The smallest absolute Gasteiger partial charge is 0.382 e. The molecule has 0 aliphatic carbocycles. The molecule has 2 fully saturated rings. The summed E-state index contributed by atoms with van der Waals surface area (Å²) in [5.41, 5.74) is 0.861. The second-order valence-corrected chi connectivity index (χ2v) is 12.5. The summed E-state index contributed by atoms with van der Waals surface area (Å²) in [7, 11) is 0. The predicted molar refractivity (Wildman–Crippen MR) is 162 cm³/mol. The van der Waals surface area contributed by atoms with Gasteiger partial charge in [0.2, 0.25) is 0 Å². The fourth-order valence-electron chi connectivity index (χ4n) is 5.53. The summed E-state index contributed by atoms with van der Waals surface area (Å²) in [6, 6.07) is 12.0. The van der Waals surface area contributed by atoms with E-state index in [4.69, 9.17) is 12.2 Å². The van der Waals surface area contributed by atoms with E-state index in [0.29, 0.717) is 0 Å². The first-order valence-corrected chi connectivity index (χ1v) is 14.7. The van der Waals surface area contributed by atoms with E-state index in [-0.39, 0.29) is 17.1 Å². The molecule has 11 heteroatoms. The Morgan fingerprint density at radius 1 is 1.00 bits per heavy atom. The molecule has 4 rings (SSSR count). The summed E-state index contributed by atoms with van der Waals surface area (Å²) in [5.74, 6) is 0. The van der Waals surface area contributed by atoms with E-state index in [1.54, 1.807) is 0 Å². The number of nitrogens with zero attached hydrogens (tertiary/aromatic N) is 4. The van der Waals surface area contributed by atoms with Crippen LogP contribution in [-0.4, -0.2) is 71.6 Å². The molecule has 224 valence electrons. The predicted octanol–water partition coefficient (Wildman–Crippen LogP) is 6.72. The van der Waals surface area contributed by atoms with E-state index in [2.05, 4.69) is 65.1 Å². The van der Waals surface area contributed by atoms with Gasteiger partial charge in [0.1, 0.15) is 5.56 Å². The van der Waals surface area contributed by atoms with Crippen LogP contribution in [0.5, 0.6) is 0 Å². The number of rotatable bonds is 8. The zero-order valence-corrected chi connectivity index (χ0v) is 24.9. The zero-order chi connectivity index (χ0) is 29.8. The molecule has 7 nitrogen and oxygen atoms in total. The first kappa shape index (κ1) is 31.0. The highest BCUT2D eigenvalue weighted by Crippen LogP contribution is 2.38. The first-order valence-electron chi connectivity index (χ1n) is 14.3. The summed E-state index contributed by atoms with van der Waals surface area (Å²) in [6.45, 7) is 13.3. The monoisotopic (exact) mass is 591 g/mol. The standard InChI is InChI=1S/C30H40F3N5O2S/c1-29(2,3)22-6-9-25(10-7-22)36-19-17-35(18-20-36)14-4-5-28(41)37-15-12-23(13-16-37)34-24-8-11-27(38(39)40)26(21-24)30(31,32)33/h6-11,21,23,34H,4-5,12-20H2,1-3H3. The summed E-state index contributed by atoms with van der Waals surface area (Å²) >= 11 is 5.71. The number of nitrogens with one attached hydrogen (secondary N) is 1. The highest BCUT2D eigenvalue weighted by atomic mass is 32.1. The maximum atomic E-state index is 13.3. The van der Waals surface area contributed by atoms with Crippen LogP contribution in [0.1, 0.15) is 57.6 Å². The number of hydrogen-bond donors (Lipinski definition) is 1. The summed E-state index contributed by atoms with van der Waals surface area (Å²) in [5, 5.41) is 14.1. The number of benzene rings is 2. The van der Waals surface area contributed by atoms with Gasteiger partial charge in [0.15, 0.2) is 0 Å². The van der Waals surface area contributed by atoms with Gasteiger partial charge in [-0.2, -0.15) is 13.2 Å². The minimum absolute atomic E-state index is 0.0162. The van der Waals surface area contributed by atoms with Gasteiger partial charge in [-0.15, -0.1) is 0 Å². The molecule has 0 aromatic heterocycles. The Kier molecular flexibility index (Phi) is 9.79. The molecular weight excluding hydrogens is 551 g/mol. The Balaban J connectivity index is 1.16. The van der Waals surface area contributed by atoms with Crippen LogP contribution >= 0.6 is 12.2 Å². The molecule has 41 heavy (non-hydrogen) atoms. The number of halogens is 3. The number of nitro groups is 1. The lowest BCUT2D eigenvalue weighted by Crippen LogP contribution is -2.47. The van der Waals surface area contributed by atoms with Gasteiger partial charge in [0, 0.05) is 62.8 Å². The van der Waals surface area contributed by atoms with Crippen LogP contribution in [-0.2, 0) is 11.6 Å². The number of thiocarbonyl (C=S) groups is 1. The third kappa shape index (κ3) is 8.31. The molecule has 0 saturated carbocycles. The van der Waals surface area contributed by atoms with Crippen molar-refractivity contribution < 1.29 is 18.1 Å². The average Bonchev–Trinajstić information content (AvgIpc) is 2.93. The Morgan fingerprint density at radius 2 is 1.63 bits per heavy atom. The Bertz CT molecular complexity index is 1200. The van der Waals surface area contributed by atoms with Gasteiger partial charge in [-0.3, -0.25) is 15.0 Å². The highest BCUT2D eigenvalue weighted by molar-refractivity contribution is 7.80. The first-order chi connectivity index (χ1) is 19.3. The molecule has 2 aromatic rings. The van der Waals surface area contributed by atoms with E-state index in [1.807, 2.05) is 0 Å². The molecule has 2 aromatic carbocycles. The number of nitro benzene ring substituents is 1. The molecule has 2 aliphatic heterocycles. The molecule has 0 bridgehead atoms. The Morgan fingerprint density at radius 3 is 2.20 bits per heavy atom. The lowest BCUT2D eigenvalue weighted by Gasteiger charge is -2.37. The molecule has 0 spiro atoms. The number of anilines is 2. The summed E-state index contributed by atoms with van der Waals surface area (Å²) in [6.07, 6.45) is -1.48. The summed E-state index contributed by atoms with van der Waals surface area (Å²) < 4.78 is 39.9. The molecule has 0 amide bonds. The normalized spacial score (nSPS) is 17.5. The lowest BCUT2D eigenvalue weighted by molar-refractivity contribution is -0.388. The van der Waals surface area contributed by atoms with Crippen molar-refractivity contribution in [1.82, 2.24) is 9.80 Å². The van der Waals surface area contributed by atoms with Crippen molar-refractivity contribution in [3.8, 4) is 0 Å². The summed E-state index contributed by atoms with van der Waals surface area (Å²) in [4.78, 5) is 18.1. The van der Waals surface area contributed by atoms with Gasteiger partial charge in [0.25, 0.3) is 5.69 Å². The third-order valence-corrected chi connectivity index (χ3v) is 8.52. The molecule has 0 radical (unpaired) electrons. The minimum atomic E-state index is -4.79.